The maximum atomic E-state index is 12.9. The Morgan fingerprint density at radius 1 is 0.862 bits per heavy atom. The van der Waals surface area contributed by atoms with Crippen LogP contribution in [-0.2, 0) is 10.0 Å². The number of para-hydroxylation sites is 1. The highest BCUT2D eigenvalue weighted by Gasteiger charge is 2.21. The molecule has 0 bridgehead atoms. The van der Waals surface area contributed by atoms with Gasteiger partial charge in [0.25, 0.3) is 15.9 Å². The highest BCUT2D eigenvalue weighted by Crippen LogP contribution is 2.27. The molecular formula is C21H18Cl2N2O3S. The van der Waals surface area contributed by atoms with E-state index in [0.717, 1.165) is 11.1 Å². The van der Waals surface area contributed by atoms with E-state index >= 15 is 0 Å². The first-order valence-electron chi connectivity index (χ1n) is 8.63. The molecule has 2 N–H and O–H groups in total. The van der Waals surface area contributed by atoms with E-state index in [0.29, 0.717) is 16.4 Å². The number of benzene rings is 3. The molecular weight excluding hydrogens is 431 g/mol. The quantitative estimate of drug-likeness (QED) is 0.528. The number of hydrogen-bond acceptors (Lipinski definition) is 3. The van der Waals surface area contributed by atoms with Crippen LogP contribution in [0.5, 0.6) is 0 Å². The molecule has 0 aliphatic carbocycles. The van der Waals surface area contributed by atoms with Crippen molar-refractivity contribution < 1.29 is 13.2 Å². The summed E-state index contributed by atoms with van der Waals surface area (Å²) in [6.45, 7) is 3.60. The van der Waals surface area contributed by atoms with Crippen molar-refractivity contribution in [1.29, 1.82) is 0 Å². The molecule has 0 unspecified atom stereocenters. The lowest BCUT2D eigenvalue weighted by molar-refractivity contribution is 0.102. The molecule has 0 saturated carbocycles. The predicted molar refractivity (Wildman–Crippen MR) is 118 cm³/mol. The van der Waals surface area contributed by atoms with Crippen molar-refractivity contribution in [2.45, 2.75) is 18.7 Å². The van der Waals surface area contributed by atoms with Crippen LogP contribution < -0.4 is 10.0 Å². The van der Waals surface area contributed by atoms with Crippen molar-refractivity contribution in [1.82, 2.24) is 0 Å². The molecule has 8 heteroatoms. The predicted octanol–water partition coefficient (Wildman–Crippen LogP) is 5.66. The Morgan fingerprint density at radius 3 is 2.28 bits per heavy atom. The third-order valence-electron chi connectivity index (χ3n) is 4.31. The van der Waals surface area contributed by atoms with Crippen LogP contribution in [0.4, 0.5) is 11.4 Å². The second-order valence-electron chi connectivity index (χ2n) is 6.48. The average Bonchev–Trinajstić information content (AvgIpc) is 2.66. The highest BCUT2D eigenvalue weighted by atomic mass is 35.5. The molecule has 0 aliphatic rings. The summed E-state index contributed by atoms with van der Waals surface area (Å²) in [5.41, 5.74) is 2.73. The first-order chi connectivity index (χ1) is 13.7. The Hall–Kier alpha value is -2.54. The molecule has 150 valence electrons. The zero-order chi connectivity index (χ0) is 21.2. The van der Waals surface area contributed by atoms with E-state index in [1.165, 1.54) is 18.2 Å². The number of halogens is 2. The minimum Gasteiger partial charge on any atom is -0.322 e. The lowest BCUT2D eigenvalue weighted by Gasteiger charge is -2.13. The smallest absolute Gasteiger partial charge is 0.263 e. The second kappa shape index (κ2) is 8.45. The van der Waals surface area contributed by atoms with Crippen molar-refractivity contribution in [3.8, 4) is 0 Å². The van der Waals surface area contributed by atoms with Gasteiger partial charge < -0.3 is 5.32 Å². The van der Waals surface area contributed by atoms with Gasteiger partial charge in [-0.25, -0.2) is 8.42 Å². The van der Waals surface area contributed by atoms with Crippen LogP contribution in [0.1, 0.15) is 21.5 Å². The van der Waals surface area contributed by atoms with Gasteiger partial charge in [0.15, 0.2) is 0 Å². The Morgan fingerprint density at radius 2 is 1.59 bits per heavy atom. The van der Waals surface area contributed by atoms with Crippen LogP contribution in [0.15, 0.2) is 65.6 Å². The van der Waals surface area contributed by atoms with E-state index in [9.17, 15) is 13.2 Å². The number of nitrogens with one attached hydrogen (secondary N) is 2. The first-order valence-corrected chi connectivity index (χ1v) is 10.9. The van der Waals surface area contributed by atoms with E-state index in [-0.39, 0.29) is 15.5 Å². The average molecular weight is 449 g/mol. The lowest BCUT2D eigenvalue weighted by atomic mass is 10.1. The molecule has 0 spiro atoms. The number of amides is 1. The van der Waals surface area contributed by atoms with Crippen LogP contribution in [0.3, 0.4) is 0 Å². The summed E-state index contributed by atoms with van der Waals surface area (Å²) in [6, 6.07) is 16.2. The van der Waals surface area contributed by atoms with E-state index in [4.69, 9.17) is 23.2 Å². The Kier molecular flexibility index (Phi) is 6.17. The van der Waals surface area contributed by atoms with E-state index < -0.39 is 15.9 Å². The van der Waals surface area contributed by atoms with Gasteiger partial charge in [0.1, 0.15) is 4.90 Å². The first kappa shape index (κ1) is 21.2. The van der Waals surface area contributed by atoms with Crippen LogP contribution in [-0.4, -0.2) is 14.3 Å². The van der Waals surface area contributed by atoms with Crippen molar-refractivity contribution in [2.75, 3.05) is 10.0 Å². The van der Waals surface area contributed by atoms with Crippen molar-refractivity contribution >= 4 is 50.5 Å². The zero-order valence-electron chi connectivity index (χ0n) is 15.7. The monoisotopic (exact) mass is 448 g/mol. The Labute approximate surface area is 179 Å². The molecule has 0 radical (unpaired) electrons. The largest absolute Gasteiger partial charge is 0.322 e. The minimum absolute atomic E-state index is 0.0188. The summed E-state index contributed by atoms with van der Waals surface area (Å²) in [5.74, 6) is -0.459. The van der Waals surface area contributed by atoms with Crippen LogP contribution in [0, 0.1) is 13.8 Å². The summed E-state index contributed by atoms with van der Waals surface area (Å²) in [4.78, 5) is 12.5. The van der Waals surface area contributed by atoms with E-state index in [1.807, 2.05) is 13.0 Å². The number of anilines is 2. The molecule has 0 atom stereocenters. The number of carbonyl (C=O) groups is 1. The summed E-state index contributed by atoms with van der Waals surface area (Å²) < 4.78 is 28.2. The van der Waals surface area contributed by atoms with Crippen LogP contribution in [0.2, 0.25) is 10.0 Å². The molecule has 0 aromatic heterocycles. The summed E-state index contributed by atoms with van der Waals surface area (Å²) in [6.07, 6.45) is 0. The number of sulfonamides is 1. The van der Waals surface area contributed by atoms with Crippen LogP contribution in [0.25, 0.3) is 0 Å². The summed E-state index contributed by atoms with van der Waals surface area (Å²) in [7, 11) is -3.99. The van der Waals surface area contributed by atoms with Crippen molar-refractivity contribution in [2.24, 2.45) is 0 Å². The van der Waals surface area contributed by atoms with Gasteiger partial charge in [-0.1, -0.05) is 41.4 Å². The topological polar surface area (TPSA) is 75.3 Å². The summed E-state index contributed by atoms with van der Waals surface area (Å²) in [5, 5.41) is 3.33. The van der Waals surface area contributed by atoms with Gasteiger partial charge in [-0.3, -0.25) is 9.52 Å². The van der Waals surface area contributed by atoms with Gasteiger partial charge in [0.05, 0.1) is 10.7 Å². The van der Waals surface area contributed by atoms with Gasteiger partial charge in [0.2, 0.25) is 0 Å². The maximum Gasteiger partial charge on any atom is 0.263 e. The molecule has 0 fully saturated rings. The molecule has 0 saturated heterocycles. The van der Waals surface area contributed by atoms with Gasteiger partial charge in [-0.15, -0.1) is 0 Å². The summed E-state index contributed by atoms with van der Waals surface area (Å²) >= 11 is 12.1. The SMILES string of the molecule is Cc1cc(Cl)ccc1NC(=O)c1ccc(Cl)c(S(=O)(=O)Nc2ccccc2C)c1. The maximum absolute atomic E-state index is 12.9. The highest BCUT2D eigenvalue weighted by molar-refractivity contribution is 7.92. The molecule has 0 heterocycles. The molecule has 29 heavy (non-hydrogen) atoms. The number of aryl methyl sites for hydroxylation is 2. The van der Waals surface area contributed by atoms with E-state index in [2.05, 4.69) is 10.0 Å². The third kappa shape index (κ3) is 4.90. The molecule has 3 aromatic rings. The third-order valence-corrected chi connectivity index (χ3v) is 6.39. The normalized spacial score (nSPS) is 11.2. The molecule has 3 aromatic carbocycles. The molecule has 5 nitrogen and oxygen atoms in total. The Bertz CT molecular complexity index is 1190. The fourth-order valence-electron chi connectivity index (χ4n) is 2.70. The van der Waals surface area contributed by atoms with Gasteiger partial charge in [0, 0.05) is 16.3 Å². The minimum atomic E-state index is -3.99. The molecule has 0 aliphatic heterocycles. The van der Waals surface area contributed by atoms with Crippen molar-refractivity contribution in [3.05, 3.63) is 87.4 Å². The number of hydrogen-bond donors (Lipinski definition) is 2. The van der Waals surface area contributed by atoms with Crippen molar-refractivity contribution in [3.63, 3.8) is 0 Å². The van der Waals surface area contributed by atoms with Crippen LogP contribution >= 0.6 is 23.2 Å². The second-order valence-corrected chi connectivity index (χ2v) is 8.97. The lowest BCUT2D eigenvalue weighted by Crippen LogP contribution is -2.17. The van der Waals surface area contributed by atoms with Gasteiger partial charge in [-0.05, 0) is 67.4 Å². The van der Waals surface area contributed by atoms with Gasteiger partial charge >= 0.3 is 0 Å². The Balaban J connectivity index is 1.91. The number of rotatable bonds is 5. The number of carbonyl (C=O) groups excluding carboxylic acids is 1. The zero-order valence-corrected chi connectivity index (χ0v) is 18.0. The fraction of sp³-hybridized carbons (Fsp3) is 0.0952. The molecule has 1 amide bonds. The molecule has 3 rings (SSSR count). The fourth-order valence-corrected chi connectivity index (χ4v) is 4.58. The van der Waals surface area contributed by atoms with Gasteiger partial charge in [-0.2, -0.15) is 0 Å². The van der Waals surface area contributed by atoms with E-state index in [1.54, 1.807) is 43.3 Å². The standard InChI is InChI=1S/C21H18Cl2N2O3S/c1-13-5-3-4-6-19(13)25-29(27,28)20-12-15(7-9-17(20)23)21(26)24-18-10-8-16(22)11-14(18)2/h3-12,25H,1-2H3,(H,24,26).